The Balaban J connectivity index is 0.00000161. The van der Waals surface area contributed by atoms with Gasteiger partial charge in [-0.25, -0.2) is 0 Å². The van der Waals surface area contributed by atoms with E-state index in [1.807, 2.05) is 24.3 Å². The summed E-state index contributed by atoms with van der Waals surface area (Å²) in [5, 5.41) is 1.26. The van der Waals surface area contributed by atoms with Gasteiger partial charge >= 0.3 is 0 Å². The molecule has 0 aliphatic carbocycles. The molecule has 0 bridgehead atoms. The fourth-order valence-corrected chi connectivity index (χ4v) is 3.06. The third-order valence-corrected chi connectivity index (χ3v) is 4.15. The summed E-state index contributed by atoms with van der Waals surface area (Å²) in [7, 11) is 0. The van der Waals surface area contributed by atoms with Gasteiger partial charge in [0.2, 0.25) is 0 Å². The normalized spacial score (nSPS) is 16.6. The van der Waals surface area contributed by atoms with Crippen LogP contribution in [0.25, 0.3) is 11.1 Å². The maximum atomic E-state index is 6.31. The van der Waals surface area contributed by atoms with Gasteiger partial charge in [-0.2, -0.15) is 0 Å². The molecule has 1 aliphatic heterocycles. The van der Waals surface area contributed by atoms with Crippen molar-refractivity contribution in [3.05, 3.63) is 52.0 Å². The van der Waals surface area contributed by atoms with Crippen molar-refractivity contribution in [3.8, 4) is 16.9 Å². The predicted molar refractivity (Wildman–Crippen MR) is 90.9 cm³/mol. The first kappa shape index (κ1) is 16.4. The van der Waals surface area contributed by atoms with Crippen molar-refractivity contribution >= 4 is 35.6 Å². The number of ether oxygens (including phenoxy) is 1. The minimum absolute atomic E-state index is 0. The fourth-order valence-electron chi connectivity index (χ4n) is 2.55. The molecule has 0 spiro atoms. The Labute approximate surface area is 140 Å². The molecule has 1 atom stereocenters. The third-order valence-electron chi connectivity index (χ3n) is 3.60. The molecule has 5 heteroatoms. The van der Waals surface area contributed by atoms with E-state index < -0.39 is 0 Å². The number of rotatable bonds is 2. The summed E-state index contributed by atoms with van der Waals surface area (Å²) in [5.41, 5.74) is 8.87. The second-order valence-corrected chi connectivity index (χ2v) is 5.78. The summed E-state index contributed by atoms with van der Waals surface area (Å²) in [5.74, 6) is 0.901. The summed E-state index contributed by atoms with van der Waals surface area (Å²) in [4.78, 5) is 0. The average Bonchev–Trinajstić information content (AvgIpc) is 2.46. The predicted octanol–water partition coefficient (Wildman–Crippen LogP) is 4.73. The molecule has 2 N–H and O–H groups in total. The lowest BCUT2D eigenvalue weighted by Crippen LogP contribution is -2.30. The topological polar surface area (TPSA) is 35.2 Å². The highest BCUT2D eigenvalue weighted by molar-refractivity contribution is 6.36. The minimum Gasteiger partial charge on any atom is -0.488 e. The van der Waals surface area contributed by atoms with Crippen LogP contribution in [0.15, 0.2) is 36.4 Å². The molecule has 112 valence electrons. The zero-order chi connectivity index (χ0) is 14.1. The summed E-state index contributed by atoms with van der Waals surface area (Å²) in [6.07, 6.45) is 2.02. The standard InChI is InChI=1S/C16H15Cl2NO.ClH/c17-11-5-7-13(15(18)8-11)14-3-1-2-10-4-6-12(9-19)20-16(10)14;/h1-3,5,7-8,12H,4,6,9,19H2;1H/t12-;/m0./s1. The summed E-state index contributed by atoms with van der Waals surface area (Å²) in [6, 6.07) is 11.7. The Morgan fingerprint density at radius 1 is 1.14 bits per heavy atom. The van der Waals surface area contributed by atoms with E-state index in [9.17, 15) is 0 Å². The van der Waals surface area contributed by atoms with E-state index in [0.717, 1.165) is 29.7 Å². The van der Waals surface area contributed by atoms with Crippen molar-refractivity contribution in [2.24, 2.45) is 5.73 Å². The second-order valence-electron chi connectivity index (χ2n) is 4.93. The van der Waals surface area contributed by atoms with Crippen LogP contribution in [-0.4, -0.2) is 12.6 Å². The number of halogens is 3. The first-order valence-corrected chi connectivity index (χ1v) is 7.38. The van der Waals surface area contributed by atoms with Crippen LogP contribution in [0.2, 0.25) is 10.0 Å². The molecule has 3 rings (SSSR count). The Morgan fingerprint density at radius 3 is 2.67 bits per heavy atom. The van der Waals surface area contributed by atoms with Gasteiger partial charge in [0.25, 0.3) is 0 Å². The van der Waals surface area contributed by atoms with Crippen LogP contribution in [0.5, 0.6) is 5.75 Å². The molecule has 0 saturated heterocycles. The van der Waals surface area contributed by atoms with Crippen LogP contribution < -0.4 is 10.5 Å². The van der Waals surface area contributed by atoms with Gasteiger partial charge in [-0.05, 0) is 30.5 Å². The molecule has 1 heterocycles. The van der Waals surface area contributed by atoms with Gasteiger partial charge in [0.05, 0.1) is 5.02 Å². The largest absolute Gasteiger partial charge is 0.488 e. The highest BCUT2D eigenvalue weighted by atomic mass is 35.5. The highest BCUT2D eigenvalue weighted by Gasteiger charge is 2.22. The van der Waals surface area contributed by atoms with Crippen LogP contribution in [0, 0.1) is 0 Å². The zero-order valence-corrected chi connectivity index (χ0v) is 13.6. The van der Waals surface area contributed by atoms with Gasteiger partial charge in [-0.1, -0.05) is 47.5 Å². The Morgan fingerprint density at radius 2 is 1.95 bits per heavy atom. The molecule has 0 fully saturated rings. The van der Waals surface area contributed by atoms with Crippen LogP contribution in [0.1, 0.15) is 12.0 Å². The van der Waals surface area contributed by atoms with Crippen molar-refractivity contribution in [3.63, 3.8) is 0 Å². The number of hydrogen-bond donors (Lipinski definition) is 1. The van der Waals surface area contributed by atoms with Crippen molar-refractivity contribution in [2.75, 3.05) is 6.54 Å². The molecular weight excluding hydrogens is 329 g/mol. The number of hydrogen-bond acceptors (Lipinski definition) is 2. The second kappa shape index (κ2) is 6.89. The van der Waals surface area contributed by atoms with Crippen molar-refractivity contribution in [1.82, 2.24) is 0 Å². The molecule has 2 nitrogen and oxygen atoms in total. The monoisotopic (exact) mass is 343 g/mol. The van der Waals surface area contributed by atoms with E-state index in [0.29, 0.717) is 16.6 Å². The lowest BCUT2D eigenvalue weighted by atomic mass is 9.95. The van der Waals surface area contributed by atoms with Gasteiger partial charge in [0.1, 0.15) is 11.9 Å². The lowest BCUT2D eigenvalue weighted by Gasteiger charge is -2.27. The van der Waals surface area contributed by atoms with Crippen LogP contribution in [0.3, 0.4) is 0 Å². The lowest BCUT2D eigenvalue weighted by molar-refractivity contribution is 0.182. The number of fused-ring (bicyclic) bond motifs is 1. The Kier molecular flexibility index (Phi) is 5.39. The Bertz CT molecular complexity index is 645. The minimum atomic E-state index is 0. The van der Waals surface area contributed by atoms with Crippen LogP contribution in [-0.2, 0) is 6.42 Å². The van der Waals surface area contributed by atoms with E-state index in [2.05, 4.69) is 6.07 Å². The summed E-state index contributed by atoms with van der Waals surface area (Å²) in [6.45, 7) is 0.530. The van der Waals surface area contributed by atoms with Gasteiger partial charge < -0.3 is 10.5 Å². The summed E-state index contributed by atoms with van der Waals surface area (Å²) < 4.78 is 6.04. The molecule has 2 aromatic carbocycles. The molecule has 0 radical (unpaired) electrons. The maximum Gasteiger partial charge on any atom is 0.130 e. The summed E-state index contributed by atoms with van der Waals surface area (Å²) >= 11 is 12.3. The van der Waals surface area contributed by atoms with Gasteiger partial charge in [-0.3, -0.25) is 0 Å². The molecule has 0 saturated carbocycles. The van der Waals surface area contributed by atoms with Gasteiger partial charge in [0.15, 0.2) is 0 Å². The molecule has 0 unspecified atom stereocenters. The SMILES string of the molecule is Cl.NC[C@@H]1CCc2cccc(-c3ccc(Cl)cc3Cl)c2O1. The van der Waals surface area contributed by atoms with E-state index in [1.165, 1.54) is 5.56 Å². The first-order chi connectivity index (χ1) is 9.69. The molecular formula is C16H16Cl3NO. The fraction of sp³-hybridized carbons (Fsp3) is 0.250. The van der Waals surface area contributed by atoms with Crippen molar-refractivity contribution in [1.29, 1.82) is 0 Å². The number of aryl methyl sites for hydroxylation is 1. The maximum absolute atomic E-state index is 6.31. The molecule has 0 amide bonds. The van der Waals surface area contributed by atoms with Gasteiger partial charge in [-0.15, -0.1) is 12.4 Å². The average molecular weight is 345 g/mol. The molecule has 21 heavy (non-hydrogen) atoms. The molecule has 2 aromatic rings. The first-order valence-electron chi connectivity index (χ1n) is 6.63. The smallest absolute Gasteiger partial charge is 0.130 e. The highest BCUT2D eigenvalue weighted by Crippen LogP contribution is 2.40. The van der Waals surface area contributed by atoms with Crippen molar-refractivity contribution in [2.45, 2.75) is 18.9 Å². The van der Waals surface area contributed by atoms with E-state index in [-0.39, 0.29) is 18.5 Å². The van der Waals surface area contributed by atoms with E-state index in [1.54, 1.807) is 6.07 Å². The van der Waals surface area contributed by atoms with Crippen LogP contribution >= 0.6 is 35.6 Å². The van der Waals surface area contributed by atoms with Crippen molar-refractivity contribution < 1.29 is 4.74 Å². The molecule has 1 aliphatic rings. The van der Waals surface area contributed by atoms with Gasteiger partial charge in [0, 0.05) is 22.7 Å². The van der Waals surface area contributed by atoms with E-state index in [4.69, 9.17) is 33.7 Å². The molecule has 0 aromatic heterocycles. The number of para-hydroxylation sites is 1. The Hall–Kier alpha value is -0.930. The third kappa shape index (κ3) is 3.29. The van der Waals surface area contributed by atoms with Crippen LogP contribution in [0.4, 0.5) is 0 Å². The number of benzene rings is 2. The van der Waals surface area contributed by atoms with E-state index >= 15 is 0 Å². The number of nitrogens with two attached hydrogens (primary N) is 1. The zero-order valence-electron chi connectivity index (χ0n) is 11.3. The quantitative estimate of drug-likeness (QED) is 0.854.